The van der Waals surface area contributed by atoms with E-state index < -0.39 is 87.9 Å². The molecule has 16 heteroatoms. The summed E-state index contributed by atoms with van der Waals surface area (Å²) in [6.07, 6.45) is 33.4. The van der Waals surface area contributed by atoms with Crippen LogP contribution in [0.1, 0.15) is 129 Å². The fraction of sp³-hybridized carbons (Fsp3) is 0.608. The molecule has 0 aromatic rings. The Bertz CT molecular complexity index is 1620. The van der Waals surface area contributed by atoms with Crippen molar-refractivity contribution < 1.29 is 73.3 Å². The monoisotopic (exact) mass is 965 g/mol. The Kier molecular flexibility index (Phi) is 36.0. The Morgan fingerprint density at radius 1 is 0.567 bits per heavy atom. The summed E-state index contributed by atoms with van der Waals surface area (Å²) in [5, 5.41) is 70.3. The number of unbranched alkanes of at least 4 members (excludes halogenated alkanes) is 8. The van der Waals surface area contributed by atoms with Gasteiger partial charge in [0.15, 0.2) is 6.10 Å². The van der Waals surface area contributed by atoms with Crippen molar-refractivity contribution in [3.8, 4) is 0 Å². The number of hydrogen-bond acceptors (Lipinski definition) is 14. The van der Waals surface area contributed by atoms with E-state index in [-0.39, 0.29) is 12.8 Å². The van der Waals surface area contributed by atoms with Crippen molar-refractivity contribution in [1.29, 1.82) is 0 Å². The molecular formula is C51H81O15P. The molecule has 0 aromatic carbocycles. The van der Waals surface area contributed by atoms with E-state index in [1.165, 1.54) is 19.3 Å². The molecule has 0 amide bonds. The van der Waals surface area contributed by atoms with Gasteiger partial charge in [0.25, 0.3) is 0 Å². The van der Waals surface area contributed by atoms with Crippen LogP contribution in [0.2, 0.25) is 0 Å². The first-order valence-corrected chi connectivity index (χ1v) is 25.4. The molecule has 1 aliphatic rings. The number of carbonyl (C=O) groups excluding carboxylic acids is 2. The predicted octanol–water partition coefficient (Wildman–Crippen LogP) is 7.55. The van der Waals surface area contributed by atoms with Gasteiger partial charge in [0.05, 0.1) is 18.8 Å². The van der Waals surface area contributed by atoms with E-state index in [2.05, 4.69) is 43.4 Å². The number of carbonyl (C=O) groups is 2. The van der Waals surface area contributed by atoms with E-state index in [4.69, 9.17) is 18.5 Å². The SMILES string of the molecule is CC/C=C\C[C@H](O)/C=C/C=C\C/C=C\C=C\[C@H](O)/C=C\CCCC(=O)O[C@H](COC(=O)CCCCCC/C=C\C/C=C\C/C=C\CCCCC)COP(=O)(O)OC1[C@H](O)[C@H](O)C(O)[C@H](O)[C@H]1O. The Hall–Kier alpha value is -3.57. The third-order valence-electron chi connectivity index (χ3n) is 10.3. The Morgan fingerprint density at radius 3 is 1.76 bits per heavy atom. The fourth-order valence-corrected chi connectivity index (χ4v) is 7.36. The summed E-state index contributed by atoms with van der Waals surface area (Å²) in [7, 11) is -5.19. The second kappa shape index (κ2) is 39.3. The molecule has 1 fully saturated rings. The number of allylic oxidation sites excluding steroid dienone is 14. The van der Waals surface area contributed by atoms with Gasteiger partial charge in [-0.25, -0.2) is 4.57 Å². The van der Waals surface area contributed by atoms with Crippen molar-refractivity contribution in [2.75, 3.05) is 13.2 Å². The number of hydrogen-bond donors (Lipinski definition) is 8. The topological polar surface area (TPSA) is 250 Å². The zero-order valence-electron chi connectivity index (χ0n) is 39.6. The van der Waals surface area contributed by atoms with Crippen molar-refractivity contribution in [2.24, 2.45) is 0 Å². The van der Waals surface area contributed by atoms with Crippen LogP contribution in [-0.4, -0.2) is 121 Å². The minimum atomic E-state index is -5.19. The average Bonchev–Trinajstić information content (AvgIpc) is 3.30. The van der Waals surface area contributed by atoms with Crippen molar-refractivity contribution in [1.82, 2.24) is 0 Å². The van der Waals surface area contributed by atoms with Gasteiger partial charge in [0.2, 0.25) is 0 Å². The molecule has 15 nitrogen and oxygen atoms in total. The molecule has 3 unspecified atom stereocenters. The minimum Gasteiger partial charge on any atom is -0.462 e. The van der Waals surface area contributed by atoms with E-state index in [0.717, 1.165) is 51.4 Å². The molecule has 0 saturated heterocycles. The maximum absolute atomic E-state index is 12.8. The highest BCUT2D eigenvalue weighted by Crippen LogP contribution is 2.47. The normalized spacial score (nSPS) is 23.1. The van der Waals surface area contributed by atoms with Gasteiger partial charge in [-0.3, -0.25) is 18.6 Å². The minimum absolute atomic E-state index is 0.0911. The summed E-state index contributed by atoms with van der Waals surface area (Å²) in [5.41, 5.74) is 0. The summed E-state index contributed by atoms with van der Waals surface area (Å²) in [6.45, 7) is 2.89. The molecule has 0 heterocycles. The summed E-state index contributed by atoms with van der Waals surface area (Å²) in [4.78, 5) is 35.7. The van der Waals surface area contributed by atoms with E-state index >= 15 is 0 Å². The quantitative estimate of drug-likeness (QED) is 0.00984. The largest absolute Gasteiger partial charge is 0.472 e. The molecule has 0 bridgehead atoms. The molecule has 1 aliphatic carbocycles. The molecule has 0 aliphatic heterocycles. The van der Waals surface area contributed by atoms with E-state index in [1.54, 1.807) is 42.5 Å². The molecule has 0 spiro atoms. The summed E-state index contributed by atoms with van der Waals surface area (Å²) < 4.78 is 33.4. The van der Waals surface area contributed by atoms with Crippen LogP contribution in [0, 0.1) is 0 Å². The first kappa shape index (κ1) is 61.4. The Balaban J connectivity index is 2.59. The van der Waals surface area contributed by atoms with Crippen molar-refractivity contribution in [3.05, 3.63) is 109 Å². The fourth-order valence-electron chi connectivity index (χ4n) is 6.39. The number of phosphoric acid groups is 1. The van der Waals surface area contributed by atoms with Crippen molar-refractivity contribution >= 4 is 19.8 Å². The van der Waals surface area contributed by atoms with Crippen LogP contribution in [0.25, 0.3) is 0 Å². The molecule has 1 rings (SSSR count). The van der Waals surface area contributed by atoms with Crippen LogP contribution in [0.4, 0.5) is 0 Å². The average molecular weight is 965 g/mol. The summed E-state index contributed by atoms with van der Waals surface area (Å²) >= 11 is 0. The predicted molar refractivity (Wildman–Crippen MR) is 260 cm³/mol. The number of rotatable bonds is 37. The number of phosphoric ester groups is 1. The maximum atomic E-state index is 12.8. The third-order valence-corrected chi connectivity index (χ3v) is 11.3. The van der Waals surface area contributed by atoms with Crippen molar-refractivity contribution in [2.45, 2.75) is 184 Å². The van der Waals surface area contributed by atoms with Gasteiger partial charge in [-0.2, -0.15) is 0 Å². The number of ether oxygens (including phenoxy) is 2. The highest BCUT2D eigenvalue weighted by atomic mass is 31.2. The Labute approximate surface area is 398 Å². The van der Waals surface area contributed by atoms with Gasteiger partial charge in [-0.15, -0.1) is 0 Å². The first-order valence-electron chi connectivity index (χ1n) is 23.9. The van der Waals surface area contributed by atoms with Crippen LogP contribution in [0.15, 0.2) is 109 Å². The third kappa shape index (κ3) is 32.0. The van der Waals surface area contributed by atoms with Crippen LogP contribution in [0.3, 0.4) is 0 Å². The van der Waals surface area contributed by atoms with Gasteiger partial charge in [0, 0.05) is 12.8 Å². The van der Waals surface area contributed by atoms with Gasteiger partial charge < -0.3 is 50.1 Å². The second-order valence-corrected chi connectivity index (χ2v) is 17.7. The van der Waals surface area contributed by atoms with Crippen molar-refractivity contribution in [3.63, 3.8) is 0 Å². The lowest BCUT2D eigenvalue weighted by Crippen LogP contribution is -2.64. The molecule has 380 valence electrons. The Morgan fingerprint density at radius 2 is 1.12 bits per heavy atom. The van der Waals surface area contributed by atoms with Crippen LogP contribution >= 0.6 is 7.82 Å². The number of aliphatic hydroxyl groups excluding tert-OH is 7. The van der Waals surface area contributed by atoms with Gasteiger partial charge in [-0.05, 0) is 77.0 Å². The second-order valence-electron chi connectivity index (χ2n) is 16.3. The molecule has 67 heavy (non-hydrogen) atoms. The zero-order valence-corrected chi connectivity index (χ0v) is 40.5. The van der Waals surface area contributed by atoms with Gasteiger partial charge >= 0.3 is 19.8 Å². The number of aliphatic hydroxyl groups is 7. The molecule has 8 N–H and O–H groups in total. The zero-order chi connectivity index (χ0) is 49.5. The lowest BCUT2D eigenvalue weighted by molar-refractivity contribution is -0.220. The van der Waals surface area contributed by atoms with Crippen LogP contribution < -0.4 is 0 Å². The smallest absolute Gasteiger partial charge is 0.462 e. The van der Waals surface area contributed by atoms with Crippen LogP contribution in [0.5, 0.6) is 0 Å². The van der Waals surface area contributed by atoms with E-state index in [1.807, 2.05) is 37.3 Å². The molecule has 10 atom stereocenters. The lowest BCUT2D eigenvalue weighted by atomic mass is 9.85. The number of esters is 2. The standard InChI is InChI=1S/C51H81O15P/c1-3-5-7-8-9-10-11-12-13-14-15-16-17-18-22-25-31-37-44(54)63-39-43(40-64-67(61,62)66-51-49(59)47(57)46(56)48(58)50(51)60)65-45(55)38-32-26-30-36-42(53)35-29-24-21-19-20-23-28-34-41(52)33-27-6-4-2/h6,9-10,12-13,15-16,20-21,23-24,27-30,34-36,41-43,46-53,56-60H,3-5,7-8,11,14,17-19,22,25-26,31-33,37-40H2,1-2H3,(H,61,62)/b10-9-,13-12-,16-15-,23-20-,24-21-,27-6-,34-28+,35-29+,36-30-/t41-,42-,43+,46?,47-,48+,49+,50+,51?/m0/s1. The molecular weight excluding hydrogens is 884 g/mol. The van der Waals surface area contributed by atoms with Gasteiger partial charge in [-0.1, -0.05) is 149 Å². The van der Waals surface area contributed by atoms with E-state index in [0.29, 0.717) is 32.1 Å². The van der Waals surface area contributed by atoms with Gasteiger partial charge in [0.1, 0.15) is 43.2 Å². The highest BCUT2D eigenvalue weighted by molar-refractivity contribution is 7.47. The molecule has 0 radical (unpaired) electrons. The van der Waals surface area contributed by atoms with Crippen LogP contribution in [-0.2, 0) is 32.7 Å². The molecule has 1 saturated carbocycles. The summed E-state index contributed by atoms with van der Waals surface area (Å²) in [5.74, 6) is -1.32. The van der Waals surface area contributed by atoms with E-state index in [9.17, 15) is 54.8 Å². The molecule has 0 aromatic heterocycles. The highest BCUT2D eigenvalue weighted by Gasteiger charge is 2.51. The first-order chi connectivity index (χ1) is 32.2. The maximum Gasteiger partial charge on any atom is 0.472 e. The summed E-state index contributed by atoms with van der Waals surface area (Å²) in [6, 6.07) is 0. The lowest BCUT2D eigenvalue weighted by Gasteiger charge is -2.41.